The number of piperazine rings is 1. The number of rotatable bonds is 8. The zero-order valence-corrected chi connectivity index (χ0v) is 20.1. The molecular weight excluding hydrogens is 453 g/mol. The van der Waals surface area contributed by atoms with Crippen LogP contribution in [0.3, 0.4) is 0 Å². The van der Waals surface area contributed by atoms with Gasteiger partial charge in [0.25, 0.3) is 5.91 Å². The summed E-state index contributed by atoms with van der Waals surface area (Å²) in [4.78, 5) is 43.6. The number of ketones is 1. The standard InChI is InChI=1S/C26H30FN3O5/c1-18-14-20(27)6-8-23(18)34-16-22(31)19-5-7-24-21(15-19)30(26(33)17-35-24)9-3-4-25(32)29-12-10-28(2)11-13-29/h5-8,14-15H,3-4,9-13,16-17H2,1-2H3. The summed E-state index contributed by atoms with van der Waals surface area (Å²) in [7, 11) is 2.04. The first-order valence-corrected chi connectivity index (χ1v) is 11.8. The third-order valence-electron chi connectivity index (χ3n) is 6.35. The molecular formula is C26H30FN3O5. The molecule has 0 radical (unpaired) electrons. The van der Waals surface area contributed by atoms with Gasteiger partial charge in [-0.25, -0.2) is 4.39 Å². The molecule has 2 aliphatic heterocycles. The van der Waals surface area contributed by atoms with E-state index in [0.29, 0.717) is 47.7 Å². The van der Waals surface area contributed by atoms with Gasteiger partial charge in [-0.05, 0) is 62.4 Å². The topological polar surface area (TPSA) is 79.4 Å². The monoisotopic (exact) mass is 483 g/mol. The van der Waals surface area contributed by atoms with Crippen LogP contribution < -0.4 is 14.4 Å². The van der Waals surface area contributed by atoms with E-state index in [9.17, 15) is 18.8 Å². The van der Waals surface area contributed by atoms with Crippen molar-refractivity contribution in [1.82, 2.24) is 9.80 Å². The summed E-state index contributed by atoms with van der Waals surface area (Å²) in [6.07, 6.45) is 0.870. The Morgan fingerprint density at radius 3 is 2.60 bits per heavy atom. The highest BCUT2D eigenvalue weighted by atomic mass is 19.1. The van der Waals surface area contributed by atoms with Crippen LogP contribution in [0, 0.1) is 12.7 Å². The van der Waals surface area contributed by atoms with Crippen LogP contribution in [0.4, 0.5) is 10.1 Å². The number of aryl methyl sites for hydroxylation is 1. The second kappa shape index (κ2) is 10.9. The van der Waals surface area contributed by atoms with Gasteiger partial charge in [-0.2, -0.15) is 0 Å². The Bertz CT molecular complexity index is 1110. The molecule has 2 amide bonds. The molecule has 9 heteroatoms. The summed E-state index contributed by atoms with van der Waals surface area (Å²) in [5.41, 5.74) is 1.48. The van der Waals surface area contributed by atoms with Gasteiger partial charge in [-0.1, -0.05) is 0 Å². The fourth-order valence-corrected chi connectivity index (χ4v) is 4.22. The van der Waals surface area contributed by atoms with Crippen molar-refractivity contribution >= 4 is 23.3 Å². The van der Waals surface area contributed by atoms with E-state index in [1.54, 1.807) is 30.0 Å². The number of hydrogen-bond acceptors (Lipinski definition) is 6. The van der Waals surface area contributed by atoms with Crippen molar-refractivity contribution in [2.45, 2.75) is 19.8 Å². The molecule has 2 heterocycles. The number of anilines is 1. The number of nitrogens with zero attached hydrogens (tertiary/aromatic N) is 3. The Balaban J connectivity index is 1.38. The Morgan fingerprint density at radius 2 is 1.86 bits per heavy atom. The van der Waals surface area contributed by atoms with Crippen LogP contribution in [0.2, 0.25) is 0 Å². The number of ether oxygens (including phenoxy) is 2. The molecule has 0 unspecified atom stereocenters. The average Bonchev–Trinajstić information content (AvgIpc) is 2.84. The van der Waals surface area contributed by atoms with Crippen LogP contribution in [0.5, 0.6) is 11.5 Å². The first kappa shape index (κ1) is 24.7. The molecule has 0 atom stereocenters. The molecule has 0 aromatic heterocycles. The van der Waals surface area contributed by atoms with Crippen molar-refractivity contribution in [1.29, 1.82) is 0 Å². The van der Waals surface area contributed by atoms with Gasteiger partial charge in [0, 0.05) is 44.7 Å². The van der Waals surface area contributed by atoms with Gasteiger partial charge in [0.2, 0.25) is 5.91 Å². The minimum atomic E-state index is -0.370. The Labute approximate surface area is 204 Å². The normalized spacial score (nSPS) is 16.0. The Hall–Kier alpha value is -3.46. The molecule has 4 rings (SSSR count). The van der Waals surface area contributed by atoms with Gasteiger partial charge in [-0.15, -0.1) is 0 Å². The molecule has 1 saturated heterocycles. The number of amides is 2. The van der Waals surface area contributed by atoms with Gasteiger partial charge in [0.15, 0.2) is 19.0 Å². The Kier molecular flexibility index (Phi) is 7.65. The lowest BCUT2D eigenvalue weighted by atomic mass is 10.1. The van der Waals surface area contributed by atoms with E-state index >= 15 is 0 Å². The zero-order valence-electron chi connectivity index (χ0n) is 20.1. The van der Waals surface area contributed by atoms with Crippen LogP contribution >= 0.6 is 0 Å². The highest BCUT2D eigenvalue weighted by Gasteiger charge is 2.27. The lowest BCUT2D eigenvalue weighted by Crippen LogP contribution is -2.47. The van der Waals surface area contributed by atoms with Gasteiger partial charge < -0.3 is 24.2 Å². The summed E-state index contributed by atoms with van der Waals surface area (Å²) in [5.74, 6) is 0.179. The molecule has 8 nitrogen and oxygen atoms in total. The Morgan fingerprint density at radius 1 is 1.09 bits per heavy atom. The summed E-state index contributed by atoms with van der Waals surface area (Å²) in [5, 5.41) is 0. The fourth-order valence-electron chi connectivity index (χ4n) is 4.22. The molecule has 0 bridgehead atoms. The first-order chi connectivity index (χ1) is 16.8. The van der Waals surface area contributed by atoms with Crippen LogP contribution in [0.15, 0.2) is 36.4 Å². The van der Waals surface area contributed by atoms with Crippen LogP contribution in [-0.2, 0) is 9.59 Å². The molecule has 0 spiro atoms. The van der Waals surface area contributed by atoms with E-state index in [4.69, 9.17) is 9.47 Å². The van der Waals surface area contributed by atoms with E-state index in [-0.39, 0.29) is 36.6 Å². The van der Waals surface area contributed by atoms with Crippen molar-refractivity contribution < 1.29 is 28.2 Å². The van der Waals surface area contributed by atoms with Crippen molar-refractivity contribution in [3.05, 3.63) is 53.3 Å². The van der Waals surface area contributed by atoms with E-state index in [1.807, 2.05) is 11.9 Å². The number of benzene rings is 2. The van der Waals surface area contributed by atoms with E-state index in [2.05, 4.69) is 4.90 Å². The summed E-state index contributed by atoms with van der Waals surface area (Å²) in [6, 6.07) is 9.03. The molecule has 1 fully saturated rings. The smallest absolute Gasteiger partial charge is 0.265 e. The quantitative estimate of drug-likeness (QED) is 0.538. The van der Waals surface area contributed by atoms with E-state index in [0.717, 1.165) is 26.2 Å². The molecule has 0 saturated carbocycles. The predicted octanol–water partition coefficient (Wildman–Crippen LogP) is 2.68. The number of carbonyl (C=O) groups is 3. The number of halogens is 1. The summed E-state index contributed by atoms with van der Waals surface area (Å²) >= 11 is 0. The van der Waals surface area contributed by atoms with E-state index < -0.39 is 0 Å². The summed E-state index contributed by atoms with van der Waals surface area (Å²) < 4.78 is 24.4. The third-order valence-corrected chi connectivity index (χ3v) is 6.35. The second-order valence-corrected chi connectivity index (χ2v) is 8.93. The lowest BCUT2D eigenvalue weighted by molar-refractivity contribution is -0.133. The molecule has 2 aromatic carbocycles. The van der Waals surface area contributed by atoms with Gasteiger partial charge >= 0.3 is 0 Å². The zero-order chi connectivity index (χ0) is 24.9. The minimum Gasteiger partial charge on any atom is -0.485 e. The molecule has 2 aromatic rings. The van der Waals surface area contributed by atoms with Crippen molar-refractivity contribution in [3.63, 3.8) is 0 Å². The molecule has 0 aliphatic carbocycles. The molecule has 0 N–H and O–H groups in total. The van der Waals surface area contributed by atoms with Crippen LogP contribution in [0.25, 0.3) is 0 Å². The van der Waals surface area contributed by atoms with Crippen LogP contribution in [0.1, 0.15) is 28.8 Å². The van der Waals surface area contributed by atoms with E-state index in [1.165, 1.54) is 18.2 Å². The summed E-state index contributed by atoms with van der Waals surface area (Å²) in [6.45, 7) is 4.93. The maximum atomic E-state index is 13.3. The SMILES string of the molecule is Cc1cc(F)ccc1OCC(=O)c1ccc2c(c1)N(CCCC(=O)N1CCN(C)CC1)C(=O)CO2. The average molecular weight is 484 g/mol. The molecule has 2 aliphatic rings. The second-order valence-electron chi connectivity index (χ2n) is 8.93. The van der Waals surface area contributed by atoms with Gasteiger partial charge in [0.05, 0.1) is 5.69 Å². The lowest BCUT2D eigenvalue weighted by Gasteiger charge is -2.33. The molecule has 35 heavy (non-hydrogen) atoms. The fraction of sp³-hybridized carbons (Fsp3) is 0.423. The van der Waals surface area contributed by atoms with Crippen molar-refractivity contribution in [2.75, 3.05) is 57.9 Å². The number of fused-ring (bicyclic) bond motifs is 1. The molecule has 186 valence electrons. The van der Waals surface area contributed by atoms with Crippen LogP contribution in [-0.4, -0.2) is 80.4 Å². The maximum Gasteiger partial charge on any atom is 0.265 e. The number of Topliss-reactive ketones (excluding diaryl/α,β-unsaturated/α-hetero) is 1. The van der Waals surface area contributed by atoms with Crippen molar-refractivity contribution in [2.24, 2.45) is 0 Å². The number of carbonyl (C=O) groups excluding carboxylic acids is 3. The largest absolute Gasteiger partial charge is 0.485 e. The van der Waals surface area contributed by atoms with Crippen molar-refractivity contribution in [3.8, 4) is 11.5 Å². The predicted molar refractivity (Wildman–Crippen MR) is 129 cm³/mol. The highest BCUT2D eigenvalue weighted by molar-refractivity contribution is 6.02. The number of likely N-dealkylation sites (N-methyl/N-ethyl adjacent to an activating group) is 1. The number of hydrogen-bond donors (Lipinski definition) is 0. The maximum absolute atomic E-state index is 13.3. The highest BCUT2D eigenvalue weighted by Crippen LogP contribution is 2.33. The van der Waals surface area contributed by atoms with Gasteiger partial charge in [0.1, 0.15) is 17.3 Å². The third kappa shape index (κ3) is 5.97. The first-order valence-electron chi connectivity index (χ1n) is 11.8. The minimum absolute atomic E-state index is 0.0837. The van der Waals surface area contributed by atoms with Gasteiger partial charge in [-0.3, -0.25) is 14.4 Å².